The molecule has 0 radical (unpaired) electrons. The Kier molecular flexibility index (Phi) is 3.78. The fraction of sp³-hybridized carbons (Fsp3) is 0.333. The van der Waals surface area contributed by atoms with E-state index in [1.54, 1.807) is 6.92 Å². The Labute approximate surface area is 132 Å². The summed E-state index contributed by atoms with van der Waals surface area (Å²) in [5.41, 5.74) is -0.600. The summed E-state index contributed by atoms with van der Waals surface area (Å²) in [6.45, 7) is 1.80. The first-order valence-corrected chi connectivity index (χ1v) is 7.53. The predicted octanol–water partition coefficient (Wildman–Crippen LogP) is -0.319. The van der Waals surface area contributed by atoms with Gasteiger partial charge in [-0.05, 0) is 6.92 Å². The number of aromatic amines is 2. The number of imidazole rings is 1. The summed E-state index contributed by atoms with van der Waals surface area (Å²) in [4.78, 5) is 44.3. The SMILES string of the molecule is Cc1nnc(NC(=O)CCc2nc3c([nH]2)c(=O)[nH]c(=O)n3C)s1. The van der Waals surface area contributed by atoms with Crippen molar-refractivity contribution in [3.8, 4) is 0 Å². The first kappa shape index (κ1) is 15.1. The minimum Gasteiger partial charge on any atom is -0.336 e. The van der Waals surface area contributed by atoms with E-state index in [1.807, 2.05) is 0 Å². The number of anilines is 1. The van der Waals surface area contributed by atoms with Crippen molar-refractivity contribution >= 4 is 33.5 Å². The van der Waals surface area contributed by atoms with Gasteiger partial charge in [0.1, 0.15) is 16.3 Å². The predicted molar refractivity (Wildman–Crippen MR) is 83.6 cm³/mol. The molecule has 23 heavy (non-hydrogen) atoms. The van der Waals surface area contributed by atoms with E-state index in [9.17, 15) is 14.4 Å². The molecule has 3 N–H and O–H groups in total. The highest BCUT2D eigenvalue weighted by Gasteiger charge is 2.12. The van der Waals surface area contributed by atoms with Gasteiger partial charge in [0.2, 0.25) is 11.0 Å². The topological polar surface area (TPSA) is 138 Å². The number of hydrogen-bond acceptors (Lipinski definition) is 7. The first-order chi connectivity index (χ1) is 10.9. The molecular formula is C12H13N7O3S. The van der Waals surface area contributed by atoms with Gasteiger partial charge in [-0.3, -0.25) is 19.1 Å². The molecule has 1 amide bonds. The molecule has 0 aliphatic carbocycles. The molecule has 0 bridgehead atoms. The molecule has 3 rings (SSSR count). The number of aryl methyl sites for hydroxylation is 3. The maximum absolute atomic E-state index is 11.9. The molecule has 120 valence electrons. The quantitative estimate of drug-likeness (QED) is 0.597. The van der Waals surface area contributed by atoms with E-state index in [4.69, 9.17) is 0 Å². The molecule has 0 saturated carbocycles. The van der Waals surface area contributed by atoms with Gasteiger partial charge in [0, 0.05) is 19.9 Å². The summed E-state index contributed by atoms with van der Waals surface area (Å²) in [7, 11) is 1.51. The number of fused-ring (bicyclic) bond motifs is 1. The summed E-state index contributed by atoms with van der Waals surface area (Å²) >= 11 is 1.29. The normalized spacial score (nSPS) is 11.0. The van der Waals surface area contributed by atoms with E-state index in [2.05, 4.69) is 30.5 Å². The van der Waals surface area contributed by atoms with Crippen molar-refractivity contribution in [2.45, 2.75) is 19.8 Å². The summed E-state index contributed by atoms with van der Waals surface area (Å²) in [6, 6.07) is 0. The summed E-state index contributed by atoms with van der Waals surface area (Å²) < 4.78 is 1.24. The maximum Gasteiger partial charge on any atom is 0.329 e. The molecule has 10 nitrogen and oxygen atoms in total. The average molecular weight is 335 g/mol. The van der Waals surface area contributed by atoms with Crippen molar-refractivity contribution in [1.82, 2.24) is 29.7 Å². The van der Waals surface area contributed by atoms with Gasteiger partial charge < -0.3 is 10.3 Å². The third-order valence-corrected chi connectivity index (χ3v) is 3.92. The van der Waals surface area contributed by atoms with Crippen LogP contribution < -0.4 is 16.6 Å². The largest absolute Gasteiger partial charge is 0.336 e. The zero-order chi connectivity index (χ0) is 16.6. The van der Waals surface area contributed by atoms with E-state index >= 15 is 0 Å². The third-order valence-electron chi connectivity index (χ3n) is 3.16. The molecule has 0 unspecified atom stereocenters. The Balaban J connectivity index is 1.73. The van der Waals surface area contributed by atoms with Crippen LogP contribution in [0, 0.1) is 6.92 Å². The molecule has 0 saturated heterocycles. The van der Waals surface area contributed by atoms with E-state index < -0.39 is 11.2 Å². The number of carbonyl (C=O) groups is 1. The van der Waals surface area contributed by atoms with Gasteiger partial charge in [-0.2, -0.15) is 0 Å². The summed E-state index contributed by atoms with van der Waals surface area (Å²) in [5.74, 6) is 0.222. The van der Waals surface area contributed by atoms with Gasteiger partial charge in [-0.1, -0.05) is 11.3 Å². The van der Waals surface area contributed by atoms with E-state index in [0.29, 0.717) is 17.4 Å². The Hall–Kier alpha value is -2.82. The third kappa shape index (κ3) is 3.04. The van der Waals surface area contributed by atoms with Gasteiger partial charge in [-0.25, -0.2) is 9.78 Å². The second-order valence-corrected chi connectivity index (χ2v) is 6.06. The zero-order valence-corrected chi connectivity index (χ0v) is 13.2. The highest BCUT2D eigenvalue weighted by Crippen LogP contribution is 2.14. The molecule has 0 spiro atoms. The Morgan fingerprint density at radius 1 is 1.30 bits per heavy atom. The van der Waals surface area contributed by atoms with Crippen LogP contribution in [0.25, 0.3) is 11.2 Å². The monoisotopic (exact) mass is 335 g/mol. The molecule has 11 heteroatoms. The minimum atomic E-state index is -0.537. The number of hydrogen-bond donors (Lipinski definition) is 3. The van der Waals surface area contributed by atoms with Crippen molar-refractivity contribution in [3.05, 3.63) is 31.7 Å². The lowest BCUT2D eigenvalue weighted by Gasteiger charge is -1.98. The average Bonchev–Trinajstić information content (AvgIpc) is 3.10. The number of aromatic nitrogens is 6. The van der Waals surface area contributed by atoms with Crippen molar-refractivity contribution in [2.24, 2.45) is 7.05 Å². The van der Waals surface area contributed by atoms with Gasteiger partial charge >= 0.3 is 5.69 Å². The van der Waals surface area contributed by atoms with Crippen LogP contribution in [-0.2, 0) is 18.3 Å². The van der Waals surface area contributed by atoms with Crippen LogP contribution >= 0.6 is 11.3 Å². The number of H-pyrrole nitrogens is 2. The highest BCUT2D eigenvalue weighted by molar-refractivity contribution is 7.15. The molecule has 0 atom stereocenters. The molecule has 0 aliphatic rings. The number of nitrogens with zero attached hydrogens (tertiary/aromatic N) is 4. The van der Waals surface area contributed by atoms with E-state index in [0.717, 1.165) is 5.01 Å². The molecule has 3 heterocycles. The van der Waals surface area contributed by atoms with Crippen LogP contribution in [0.2, 0.25) is 0 Å². The molecule has 3 aromatic rings. The van der Waals surface area contributed by atoms with Crippen molar-refractivity contribution in [1.29, 1.82) is 0 Å². The van der Waals surface area contributed by atoms with Crippen LogP contribution in [0.1, 0.15) is 17.3 Å². The highest BCUT2D eigenvalue weighted by atomic mass is 32.1. The van der Waals surface area contributed by atoms with Crippen molar-refractivity contribution in [2.75, 3.05) is 5.32 Å². The summed E-state index contributed by atoms with van der Waals surface area (Å²) in [5, 5.41) is 11.5. The minimum absolute atomic E-state index is 0.157. The Morgan fingerprint density at radius 3 is 2.78 bits per heavy atom. The van der Waals surface area contributed by atoms with Gasteiger partial charge in [0.15, 0.2) is 5.65 Å². The van der Waals surface area contributed by atoms with E-state index in [-0.39, 0.29) is 23.5 Å². The lowest BCUT2D eigenvalue weighted by molar-refractivity contribution is -0.116. The number of rotatable bonds is 4. The Bertz CT molecular complexity index is 996. The zero-order valence-electron chi connectivity index (χ0n) is 12.3. The maximum atomic E-state index is 11.9. The van der Waals surface area contributed by atoms with Crippen LogP contribution in [0.5, 0.6) is 0 Å². The van der Waals surface area contributed by atoms with Gasteiger partial charge in [-0.15, -0.1) is 10.2 Å². The molecule has 0 aromatic carbocycles. The second kappa shape index (κ2) is 5.76. The first-order valence-electron chi connectivity index (χ1n) is 6.72. The number of amides is 1. The van der Waals surface area contributed by atoms with Crippen molar-refractivity contribution < 1.29 is 4.79 Å². The Morgan fingerprint density at radius 2 is 2.09 bits per heavy atom. The standard InChI is InChI=1S/C12H13N7O3S/c1-5-17-18-11(23-5)15-7(20)4-3-6-13-8-9(14-6)19(2)12(22)16-10(8)21/h3-4H2,1-2H3,(H,13,14)(H,15,18,20)(H,16,21,22). The fourth-order valence-electron chi connectivity index (χ4n) is 2.03. The van der Waals surface area contributed by atoms with Gasteiger partial charge in [0.05, 0.1) is 0 Å². The lowest BCUT2D eigenvalue weighted by atomic mass is 10.3. The fourth-order valence-corrected chi connectivity index (χ4v) is 2.64. The van der Waals surface area contributed by atoms with E-state index in [1.165, 1.54) is 23.0 Å². The summed E-state index contributed by atoms with van der Waals surface area (Å²) in [6.07, 6.45) is 0.455. The van der Waals surface area contributed by atoms with Crippen LogP contribution in [0.3, 0.4) is 0 Å². The molecule has 0 aliphatic heterocycles. The molecule has 0 fully saturated rings. The molecular weight excluding hydrogens is 322 g/mol. The smallest absolute Gasteiger partial charge is 0.329 e. The lowest BCUT2D eigenvalue weighted by Crippen LogP contribution is -2.28. The van der Waals surface area contributed by atoms with Gasteiger partial charge in [0.25, 0.3) is 5.56 Å². The molecule has 3 aromatic heterocycles. The second-order valence-electron chi connectivity index (χ2n) is 4.87. The van der Waals surface area contributed by atoms with Crippen LogP contribution in [-0.4, -0.2) is 35.6 Å². The van der Waals surface area contributed by atoms with Crippen LogP contribution in [0.15, 0.2) is 9.59 Å². The van der Waals surface area contributed by atoms with Crippen molar-refractivity contribution in [3.63, 3.8) is 0 Å². The van der Waals surface area contributed by atoms with Crippen LogP contribution in [0.4, 0.5) is 5.13 Å². The number of carbonyl (C=O) groups excluding carboxylic acids is 1. The number of nitrogens with one attached hydrogen (secondary N) is 3.